The van der Waals surface area contributed by atoms with Gasteiger partial charge in [0.2, 0.25) is 11.8 Å². The Kier molecular flexibility index (Phi) is 5.24. The smallest absolute Gasteiger partial charge is 0.246 e. The van der Waals surface area contributed by atoms with E-state index in [0.717, 1.165) is 24.2 Å². The van der Waals surface area contributed by atoms with Crippen LogP contribution >= 0.6 is 0 Å². The van der Waals surface area contributed by atoms with Gasteiger partial charge in [-0.2, -0.15) is 4.98 Å². The molecule has 5 nitrogen and oxygen atoms in total. The molecule has 28 heavy (non-hydrogen) atoms. The number of benzene rings is 2. The fourth-order valence-corrected chi connectivity index (χ4v) is 3.53. The van der Waals surface area contributed by atoms with Gasteiger partial charge in [0.25, 0.3) is 0 Å². The maximum absolute atomic E-state index is 13.0. The van der Waals surface area contributed by atoms with Crippen LogP contribution in [-0.4, -0.2) is 28.0 Å². The van der Waals surface area contributed by atoms with Crippen LogP contribution < -0.4 is 0 Å². The highest BCUT2D eigenvalue weighted by molar-refractivity contribution is 5.77. The molecule has 1 amide bonds. The third-order valence-corrected chi connectivity index (χ3v) is 5.37. The molecule has 4 rings (SSSR count). The van der Waals surface area contributed by atoms with Gasteiger partial charge in [0.15, 0.2) is 5.82 Å². The molecular formula is C23H25N3O2. The van der Waals surface area contributed by atoms with Crippen molar-refractivity contribution in [3.63, 3.8) is 0 Å². The van der Waals surface area contributed by atoms with Crippen molar-refractivity contribution in [2.45, 2.75) is 44.6 Å². The van der Waals surface area contributed by atoms with E-state index in [4.69, 9.17) is 4.52 Å². The third-order valence-electron chi connectivity index (χ3n) is 5.37. The SMILES string of the molecule is Cc1ccccc1[C@@H](CC(=O)N(C)Cc1nc(C2CC2)no1)c1ccccc1. The van der Waals surface area contributed by atoms with E-state index in [-0.39, 0.29) is 11.8 Å². The lowest BCUT2D eigenvalue weighted by atomic mass is 9.86. The molecule has 5 heteroatoms. The maximum Gasteiger partial charge on any atom is 0.246 e. The molecule has 0 N–H and O–H groups in total. The van der Waals surface area contributed by atoms with Gasteiger partial charge in [-0.25, -0.2) is 0 Å². The van der Waals surface area contributed by atoms with Crippen LogP contribution in [0.2, 0.25) is 0 Å². The topological polar surface area (TPSA) is 59.2 Å². The number of hydrogen-bond donors (Lipinski definition) is 0. The number of nitrogens with zero attached hydrogens (tertiary/aromatic N) is 3. The Morgan fingerprint density at radius 2 is 1.86 bits per heavy atom. The van der Waals surface area contributed by atoms with E-state index in [0.29, 0.717) is 24.8 Å². The standard InChI is InChI=1S/C23H25N3O2/c1-16-8-6-7-11-19(16)20(17-9-4-3-5-10-17)14-22(27)26(2)15-21-24-23(25-28-21)18-12-13-18/h3-11,18,20H,12-15H2,1-2H3/t20-/m0/s1. The minimum atomic E-state index is 0.0158. The molecule has 0 bridgehead atoms. The van der Waals surface area contributed by atoms with Crippen LogP contribution in [0.25, 0.3) is 0 Å². The van der Waals surface area contributed by atoms with Gasteiger partial charge in [-0.3, -0.25) is 4.79 Å². The van der Waals surface area contributed by atoms with Gasteiger partial charge in [-0.1, -0.05) is 59.8 Å². The molecule has 2 aromatic carbocycles. The lowest BCUT2D eigenvalue weighted by molar-refractivity contribution is -0.131. The number of carbonyl (C=O) groups is 1. The molecule has 0 unspecified atom stereocenters. The van der Waals surface area contributed by atoms with Crippen molar-refractivity contribution in [3.05, 3.63) is 83.0 Å². The highest BCUT2D eigenvalue weighted by Gasteiger charge is 2.29. The number of rotatable bonds is 7. The summed E-state index contributed by atoms with van der Waals surface area (Å²) in [6, 6.07) is 18.5. The average molecular weight is 375 g/mol. The normalized spacial score (nSPS) is 14.6. The summed E-state index contributed by atoms with van der Waals surface area (Å²) in [4.78, 5) is 19.1. The minimum Gasteiger partial charge on any atom is -0.337 e. The first-order valence-corrected chi connectivity index (χ1v) is 9.78. The molecule has 1 aromatic heterocycles. The van der Waals surface area contributed by atoms with E-state index in [1.165, 1.54) is 11.1 Å². The van der Waals surface area contributed by atoms with Gasteiger partial charge in [0, 0.05) is 25.3 Å². The van der Waals surface area contributed by atoms with Crippen LogP contribution in [0.3, 0.4) is 0 Å². The van der Waals surface area contributed by atoms with Crippen molar-refractivity contribution in [1.82, 2.24) is 15.0 Å². The third kappa shape index (κ3) is 4.14. The Morgan fingerprint density at radius 1 is 1.14 bits per heavy atom. The summed E-state index contributed by atoms with van der Waals surface area (Å²) < 4.78 is 5.33. The van der Waals surface area contributed by atoms with Gasteiger partial charge in [-0.15, -0.1) is 0 Å². The largest absolute Gasteiger partial charge is 0.337 e. The molecule has 3 aromatic rings. The van der Waals surface area contributed by atoms with Crippen LogP contribution in [0.5, 0.6) is 0 Å². The Bertz CT molecular complexity index is 947. The van der Waals surface area contributed by atoms with Crippen molar-refractivity contribution in [2.75, 3.05) is 7.05 Å². The number of aryl methyl sites for hydroxylation is 1. The van der Waals surface area contributed by atoms with Gasteiger partial charge in [0.05, 0.1) is 6.54 Å². The van der Waals surface area contributed by atoms with Crippen LogP contribution in [0.1, 0.15) is 59.5 Å². The van der Waals surface area contributed by atoms with Crippen LogP contribution in [0.4, 0.5) is 0 Å². The molecule has 1 fully saturated rings. The summed E-state index contributed by atoms with van der Waals surface area (Å²) >= 11 is 0. The number of aromatic nitrogens is 2. The molecule has 1 atom stereocenters. The van der Waals surface area contributed by atoms with Gasteiger partial charge in [-0.05, 0) is 36.5 Å². The lowest BCUT2D eigenvalue weighted by Gasteiger charge is -2.23. The fourth-order valence-electron chi connectivity index (χ4n) is 3.53. The molecule has 1 aliphatic rings. The molecule has 1 heterocycles. The van der Waals surface area contributed by atoms with Crippen molar-refractivity contribution >= 4 is 5.91 Å². The van der Waals surface area contributed by atoms with E-state index >= 15 is 0 Å². The second-order valence-corrected chi connectivity index (χ2v) is 7.59. The summed E-state index contributed by atoms with van der Waals surface area (Å²) in [5.41, 5.74) is 3.52. The molecule has 144 valence electrons. The Morgan fingerprint density at radius 3 is 2.57 bits per heavy atom. The van der Waals surface area contributed by atoms with Gasteiger partial charge >= 0.3 is 0 Å². The van der Waals surface area contributed by atoms with Gasteiger partial charge < -0.3 is 9.42 Å². The molecule has 0 spiro atoms. The molecule has 0 radical (unpaired) electrons. The summed E-state index contributed by atoms with van der Waals surface area (Å²) in [6.45, 7) is 2.44. The lowest BCUT2D eigenvalue weighted by Crippen LogP contribution is -2.28. The first kappa shape index (κ1) is 18.4. The summed E-state index contributed by atoms with van der Waals surface area (Å²) in [6.07, 6.45) is 2.65. The van der Waals surface area contributed by atoms with Crippen molar-refractivity contribution in [2.24, 2.45) is 0 Å². The maximum atomic E-state index is 13.0. The highest BCUT2D eigenvalue weighted by Crippen LogP contribution is 2.38. The van der Waals surface area contributed by atoms with E-state index in [1.54, 1.807) is 11.9 Å². The molecule has 0 aliphatic heterocycles. The Balaban J connectivity index is 1.50. The van der Waals surface area contributed by atoms with Crippen molar-refractivity contribution in [3.8, 4) is 0 Å². The quantitative estimate of drug-likeness (QED) is 0.613. The van der Waals surface area contributed by atoms with E-state index in [9.17, 15) is 4.79 Å². The van der Waals surface area contributed by atoms with E-state index in [2.05, 4.69) is 41.3 Å². The predicted molar refractivity (Wildman–Crippen MR) is 107 cm³/mol. The Labute approximate surface area is 165 Å². The van der Waals surface area contributed by atoms with Crippen LogP contribution in [0.15, 0.2) is 59.1 Å². The molecule has 1 saturated carbocycles. The molecular weight excluding hydrogens is 350 g/mol. The molecule has 0 saturated heterocycles. The number of amides is 1. The zero-order chi connectivity index (χ0) is 19.5. The minimum absolute atomic E-state index is 0.0158. The summed E-state index contributed by atoms with van der Waals surface area (Å²) in [7, 11) is 1.79. The summed E-state index contributed by atoms with van der Waals surface area (Å²) in [5.74, 6) is 1.80. The van der Waals surface area contributed by atoms with Crippen molar-refractivity contribution in [1.29, 1.82) is 0 Å². The Hall–Kier alpha value is -2.95. The zero-order valence-corrected chi connectivity index (χ0v) is 16.3. The second kappa shape index (κ2) is 7.97. The van der Waals surface area contributed by atoms with E-state index < -0.39 is 0 Å². The van der Waals surface area contributed by atoms with Crippen molar-refractivity contribution < 1.29 is 9.32 Å². The second-order valence-electron chi connectivity index (χ2n) is 7.59. The monoisotopic (exact) mass is 375 g/mol. The van der Waals surface area contributed by atoms with Gasteiger partial charge in [0.1, 0.15) is 0 Å². The number of hydrogen-bond acceptors (Lipinski definition) is 4. The predicted octanol–water partition coefficient (Wildman–Crippen LogP) is 4.44. The number of carbonyl (C=O) groups excluding carboxylic acids is 1. The van der Waals surface area contributed by atoms with Crippen LogP contribution in [0, 0.1) is 6.92 Å². The molecule has 1 aliphatic carbocycles. The summed E-state index contributed by atoms with van der Waals surface area (Å²) in [5, 5.41) is 4.03. The first-order valence-electron chi connectivity index (χ1n) is 9.78. The fraction of sp³-hybridized carbons (Fsp3) is 0.348. The van der Waals surface area contributed by atoms with E-state index in [1.807, 2.05) is 30.3 Å². The highest BCUT2D eigenvalue weighted by atomic mass is 16.5. The van der Waals surface area contributed by atoms with Crippen LogP contribution in [-0.2, 0) is 11.3 Å². The first-order chi connectivity index (χ1) is 13.6. The zero-order valence-electron chi connectivity index (χ0n) is 16.3. The average Bonchev–Trinajstić information content (AvgIpc) is 3.46.